The molecule has 28 heteroatoms. The van der Waals surface area contributed by atoms with Gasteiger partial charge in [0.25, 0.3) is 25.8 Å². The lowest BCUT2D eigenvalue weighted by atomic mass is 9.73. The van der Waals surface area contributed by atoms with E-state index in [0.717, 1.165) is 83.3 Å². The summed E-state index contributed by atoms with van der Waals surface area (Å²) in [6.45, 7) is 19.7. The summed E-state index contributed by atoms with van der Waals surface area (Å²) in [6, 6.07) is 30.5. The lowest BCUT2D eigenvalue weighted by Crippen LogP contribution is -2.57. The molecule has 4 heterocycles. The highest BCUT2D eigenvalue weighted by molar-refractivity contribution is 7.99. The van der Waals surface area contributed by atoms with Gasteiger partial charge in [0.15, 0.2) is 0 Å². The molecule has 105 heavy (non-hydrogen) atoms. The van der Waals surface area contributed by atoms with Crippen LogP contribution in [0.25, 0.3) is 16.0 Å². The van der Waals surface area contributed by atoms with Gasteiger partial charge in [0.1, 0.15) is 12.1 Å². The maximum absolute atomic E-state index is 14.4. The van der Waals surface area contributed by atoms with Crippen LogP contribution in [0.5, 0.6) is 0 Å². The van der Waals surface area contributed by atoms with Crippen molar-refractivity contribution >= 4 is 101 Å². The highest BCUT2D eigenvalue weighted by Gasteiger charge is 2.49. The molecule has 5 N–H and O–H groups in total. The molecule has 5 atom stereocenters. The van der Waals surface area contributed by atoms with E-state index in [9.17, 15) is 59.1 Å². The molecule has 5 aromatic carbocycles. The van der Waals surface area contributed by atoms with Crippen LogP contribution in [0.3, 0.4) is 0 Å². The number of aromatic nitrogens is 1. The van der Waals surface area contributed by atoms with E-state index in [1.54, 1.807) is 33.9 Å². The molecule has 6 aromatic rings. The number of sulfonamides is 1. The Labute approximate surface area is 628 Å². The van der Waals surface area contributed by atoms with Crippen molar-refractivity contribution in [3.8, 4) is 10.4 Å². The van der Waals surface area contributed by atoms with Gasteiger partial charge < -0.3 is 35.8 Å². The molecule has 3 fully saturated rings. The van der Waals surface area contributed by atoms with Gasteiger partial charge in [-0.05, 0) is 152 Å². The lowest BCUT2D eigenvalue weighted by molar-refractivity contribution is -0.144. The predicted molar refractivity (Wildman–Crippen MR) is 407 cm³/mol. The van der Waals surface area contributed by atoms with Crippen molar-refractivity contribution in [1.29, 1.82) is 0 Å². The quantitative estimate of drug-likeness (QED) is 0.0226. The van der Waals surface area contributed by atoms with Gasteiger partial charge in [-0.2, -0.15) is 13.2 Å². The number of thioether (sulfide) groups is 1. The van der Waals surface area contributed by atoms with Crippen LogP contribution in [0, 0.1) is 17.8 Å². The van der Waals surface area contributed by atoms with Crippen molar-refractivity contribution in [3.05, 3.63) is 160 Å². The van der Waals surface area contributed by atoms with Crippen LogP contribution in [0.4, 0.5) is 24.5 Å². The number of aryl methyl sites for hydroxylation is 1. The minimum Gasteiger partial charge on any atom is -0.391 e. The fourth-order valence-corrected chi connectivity index (χ4v) is 17.9. The molecule has 5 amide bonds. The van der Waals surface area contributed by atoms with Crippen molar-refractivity contribution in [3.63, 3.8) is 0 Å². The van der Waals surface area contributed by atoms with E-state index in [1.165, 1.54) is 45.5 Å². The average molecular weight is 1540 g/mol. The number of carbonyl (C=O) groups is 5. The van der Waals surface area contributed by atoms with E-state index in [0.29, 0.717) is 76.2 Å². The van der Waals surface area contributed by atoms with Crippen molar-refractivity contribution in [2.75, 3.05) is 88.0 Å². The van der Waals surface area contributed by atoms with Crippen LogP contribution in [0.2, 0.25) is 5.02 Å². The molecule has 4 aliphatic rings. The first-order valence-electron chi connectivity index (χ1n) is 35.8. The topological polar surface area (TPSA) is 251 Å². The molecule has 0 radical (unpaired) electrons. The number of carbonyl (C=O) groups excluding carboxylic acids is 5. The Morgan fingerprint density at radius 1 is 0.790 bits per heavy atom. The zero-order valence-electron chi connectivity index (χ0n) is 60.5. The summed E-state index contributed by atoms with van der Waals surface area (Å²) < 4.78 is 100.0. The van der Waals surface area contributed by atoms with Gasteiger partial charge in [-0.15, -0.1) is 23.1 Å². The molecular formula is C77H96ClF3N10O10S4. The molecule has 3 aliphatic heterocycles. The highest BCUT2D eigenvalue weighted by atomic mass is 35.5. The number of alkyl halides is 3. The maximum atomic E-state index is 14.4. The number of benzene rings is 5. The number of piperazine rings is 2. The van der Waals surface area contributed by atoms with Crippen LogP contribution < -0.4 is 25.6 Å². The number of hydrogen-bond donors (Lipinski definition) is 5. The number of hydrogen-bond acceptors (Lipinski definition) is 17. The number of amides is 5. The third-order valence-corrected chi connectivity index (χ3v) is 25.4. The number of aliphatic hydroxyl groups is 1. The first-order chi connectivity index (χ1) is 49.7. The number of rotatable bonds is 28. The van der Waals surface area contributed by atoms with Gasteiger partial charge >= 0.3 is 5.51 Å². The number of sulfone groups is 1. The number of unbranched alkanes of at least 4 members (excludes halogenated alkanes) is 2. The Bertz CT molecular complexity index is 4300. The standard InChI is InChI=1S/C77H96ClF3N10O10S4/c1-51(53-18-20-55(21-19-53)70-52(2)82-50-103-70)83-73(96)66-44-61(92)48-91(66)74(97)71(75(3,4)5)85-68(93)16-12-9-13-17-69(94)90-42-36-87(37-43-90)35-33-59(49-102-62-14-10-8-11-15-62)84-65-45-63(30-31-67(65)104(98,99)77(79,80)81)105(100,101)86-72(95)56-24-28-60(29-25-56)89-40-38-88(39-41-89)47-57-46-76(6,7)34-32-64(57)54-22-26-58(78)27-23-54/h8,10-11,14-15,18-31,45,50-51,59,61,66,71,84,92H,9,12-13,16-17,32-44,46-49H2,1-7H3,(H,83,96)(H,85,93)(H,86,95)/t51-,59+,61+,66-,71+/m0/s1. The number of anilines is 2. The molecule has 566 valence electrons. The summed E-state index contributed by atoms with van der Waals surface area (Å²) in [5.74, 6) is -2.10. The normalized spacial score (nSPS) is 18.7. The Hall–Kier alpha value is -7.37. The first kappa shape index (κ1) is 80.2. The molecule has 0 saturated carbocycles. The van der Waals surface area contributed by atoms with E-state index < -0.39 is 94.3 Å². The summed E-state index contributed by atoms with van der Waals surface area (Å²) in [6.07, 6.45) is 4.25. The Morgan fingerprint density at radius 3 is 2.10 bits per heavy atom. The van der Waals surface area contributed by atoms with Crippen LogP contribution in [-0.4, -0.2) is 184 Å². The number of likely N-dealkylation sites (tertiary alicyclic amines) is 1. The summed E-state index contributed by atoms with van der Waals surface area (Å²) in [4.78, 5) is 83.1. The van der Waals surface area contributed by atoms with Gasteiger partial charge in [0.05, 0.1) is 43.7 Å². The minimum atomic E-state index is -6.05. The summed E-state index contributed by atoms with van der Waals surface area (Å²) in [5.41, 5.74) is 2.53. The largest absolute Gasteiger partial charge is 0.501 e. The second-order valence-corrected chi connectivity index (χ2v) is 35.7. The minimum absolute atomic E-state index is 0.00562. The lowest BCUT2D eigenvalue weighted by Gasteiger charge is -2.39. The average Bonchev–Trinajstić information content (AvgIpc) is 1.63. The zero-order chi connectivity index (χ0) is 75.6. The molecule has 0 bridgehead atoms. The highest BCUT2D eigenvalue weighted by Crippen LogP contribution is 2.44. The van der Waals surface area contributed by atoms with Crippen molar-refractivity contribution < 1.29 is 59.1 Å². The Balaban J connectivity index is 0.699. The summed E-state index contributed by atoms with van der Waals surface area (Å²) in [7, 11) is -10.9. The predicted octanol–water partition coefficient (Wildman–Crippen LogP) is 12.4. The second-order valence-electron chi connectivity index (χ2n) is 29.7. The van der Waals surface area contributed by atoms with Crippen molar-refractivity contribution in [1.82, 2.24) is 39.9 Å². The molecule has 1 aliphatic carbocycles. The molecule has 3 saturated heterocycles. The zero-order valence-corrected chi connectivity index (χ0v) is 64.5. The third-order valence-electron chi connectivity index (χ3n) is 20.2. The van der Waals surface area contributed by atoms with E-state index in [-0.39, 0.29) is 60.8 Å². The Morgan fingerprint density at radius 2 is 1.45 bits per heavy atom. The van der Waals surface area contributed by atoms with E-state index in [1.807, 2.05) is 106 Å². The summed E-state index contributed by atoms with van der Waals surface area (Å²) >= 11 is 9.15. The first-order valence-corrected chi connectivity index (χ1v) is 41.0. The Kier molecular flexibility index (Phi) is 26.5. The van der Waals surface area contributed by atoms with Gasteiger partial charge in [0.2, 0.25) is 23.6 Å². The van der Waals surface area contributed by atoms with Crippen molar-refractivity contribution in [2.45, 2.75) is 163 Å². The molecule has 0 unspecified atom stereocenters. The van der Waals surface area contributed by atoms with Crippen molar-refractivity contribution in [2.24, 2.45) is 10.8 Å². The van der Waals surface area contributed by atoms with E-state index in [2.05, 4.69) is 61.6 Å². The third kappa shape index (κ3) is 21.1. The number of β-amino-alcohol motifs (C(OH)–C–C–N with tert-alkyl or cyclic N) is 1. The molecule has 10 rings (SSSR count). The monoisotopic (exact) mass is 1540 g/mol. The maximum Gasteiger partial charge on any atom is 0.501 e. The van der Waals surface area contributed by atoms with Crippen LogP contribution in [-0.2, 0) is 39.0 Å². The second kappa shape index (κ2) is 34.7. The molecule has 20 nitrogen and oxygen atoms in total. The number of halogens is 4. The fourth-order valence-electron chi connectivity index (χ4n) is 14.0. The molecule has 0 spiro atoms. The van der Waals surface area contributed by atoms with E-state index >= 15 is 0 Å². The smallest absolute Gasteiger partial charge is 0.391 e. The number of thiazole rings is 1. The van der Waals surface area contributed by atoms with Gasteiger partial charge in [-0.1, -0.05) is 113 Å². The summed E-state index contributed by atoms with van der Waals surface area (Å²) in [5, 5.41) is 20.4. The number of allylic oxidation sites excluding steroid dienone is 1. The van der Waals surface area contributed by atoms with Gasteiger partial charge in [0, 0.05) is 124 Å². The number of nitrogens with zero attached hydrogens (tertiary/aromatic N) is 6. The molecule has 1 aromatic heterocycles. The van der Waals surface area contributed by atoms with E-state index in [4.69, 9.17) is 11.6 Å². The van der Waals surface area contributed by atoms with Crippen LogP contribution in [0.15, 0.2) is 147 Å². The van der Waals surface area contributed by atoms with Gasteiger partial charge in [-0.3, -0.25) is 33.8 Å². The van der Waals surface area contributed by atoms with Crippen LogP contribution in [0.1, 0.15) is 139 Å². The number of nitrogens with one attached hydrogen (secondary N) is 4. The SMILES string of the molecule is Cc1ncsc1-c1ccc([C@H](C)NC(=O)[C@@H]2C[C@@H](O)CN2C(=O)[C@@H](NC(=O)CCCCCC(=O)N2CCN(CC[C@H](CSc3ccccc3)Nc3cc(S(=O)(=O)NC(=O)c4ccc(N5CCN(CC6=C(c7ccc(Cl)cc7)CCC(C)(C)C6)CC5)cc4)ccc3S(=O)(=O)C(F)(F)F)CC2)C(C)(C)C)cc1. The number of aliphatic hydroxyl groups excluding tert-OH is 1. The fraction of sp³-hybridized carbons (Fsp3) is 0.481. The molecular weight excluding hydrogens is 1450 g/mol. The van der Waals surface area contributed by atoms with Gasteiger partial charge in [-0.25, -0.2) is 26.5 Å². The van der Waals surface area contributed by atoms with Crippen LogP contribution >= 0.6 is 34.7 Å².